The minimum Gasteiger partial charge on any atom is -0.306 e. The van der Waals surface area contributed by atoms with E-state index in [0.717, 1.165) is 30.8 Å². The Morgan fingerprint density at radius 2 is 1.53 bits per heavy atom. The van der Waals surface area contributed by atoms with Gasteiger partial charge in [-0.05, 0) is 68.9 Å². The summed E-state index contributed by atoms with van der Waals surface area (Å²) >= 11 is 0. The summed E-state index contributed by atoms with van der Waals surface area (Å²) in [6.07, 6.45) is 8.58. The molecule has 6 heteroatoms. The maximum Gasteiger partial charge on any atom is 0.267 e. The van der Waals surface area contributed by atoms with Gasteiger partial charge in [0.2, 0.25) is 0 Å². The van der Waals surface area contributed by atoms with Crippen LogP contribution in [0.3, 0.4) is 0 Å². The highest BCUT2D eigenvalue weighted by atomic mass is 16.5. The number of likely N-dealkylation sites (tertiary alicyclic amines) is 1. The molecular weight excluding hydrogens is 402 g/mol. The quantitative estimate of drug-likeness (QED) is 0.288. The van der Waals surface area contributed by atoms with Gasteiger partial charge in [0.05, 0.1) is 0 Å². The molecule has 2 aromatic carbocycles. The number of amides is 1. The molecule has 0 bridgehead atoms. The number of ketones is 1. The van der Waals surface area contributed by atoms with Crippen molar-refractivity contribution in [2.45, 2.75) is 25.4 Å². The van der Waals surface area contributed by atoms with Crippen molar-refractivity contribution in [3.8, 4) is 0 Å². The Morgan fingerprint density at radius 1 is 0.969 bits per heavy atom. The van der Waals surface area contributed by atoms with E-state index in [4.69, 9.17) is 5.21 Å². The summed E-state index contributed by atoms with van der Waals surface area (Å²) < 4.78 is 0. The number of piperidine rings is 1. The monoisotopic (exact) mass is 433 g/mol. The second-order valence-electron chi connectivity index (χ2n) is 8.34. The van der Waals surface area contributed by atoms with Crippen molar-refractivity contribution in [3.05, 3.63) is 82.9 Å². The van der Waals surface area contributed by atoms with Crippen LogP contribution in [0.15, 0.2) is 60.7 Å². The summed E-state index contributed by atoms with van der Waals surface area (Å²) in [4.78, 5) is 28.3. The van der Waals surface area contributed by atoms with Crippen LogP contribution < -0.4 is 5.48 Å². The van der Waals surface area contributed by atoms with Gasteiger partial charge in [-0.15, -0.1) is 0 Å². The minimum absolute atomic E-state index is 0.0352. The largest absolute Gasteiger partial charge is 0.306 e. The molecule has 0 unspecified atom stereocenters. The molecule has 0 aliphatic carbocycles. The van der Waals surface area contributed by atoms with Crippen LogP contribution in [0.4, 0.5) is 0 Å². The molecule has 0 spiro atoms. The number of hydrogen-bond acceptors (Lipinski definition) is 5. The lowest BCUT2D eigenvalue weighted by molar-refractivity contribution is -0.124. The normalized spacial score (nSPS) is 15.6. The predicted octanol–water partition coefficient (Wildman–Crippen LogP) is 3.63. The first kappa shape index (κ1) is 23.6. The van der Waals surface area contributed by atoms with E-state index in [1.165, 1.54) is 24.5 Å². The zero-order valence-electron chi connectivity index (χ0n) is 18.7. The van der Waals surface area contributed by atoms with Gasteiger partial charge in [-0.1, -0.05) is 54.6 Å². The standard InChI is InChI=1S/C26H31N3O3/c1-28(2)24-15-17-29(18-16-24)19-22-7-11-23(12-8-22)25(30)13-9-20-3-5-21(6-4-20)10-14-26(31)27-32/h3-14,24,32H,15-19H2,1-2H3,(H,27,31)/b13-9+,14-10+. The Labute approximate surface area is 189 Å². The molecular formula is C26H31N3O3. The van der Waals surface area contributed by atoms with Gasteiger partial charge in [-0.3, -0.25) is 19.7 Å². The molecule has 2 aromatic rings. The molecule has 0 atom stereocenters. The van der Waals surface area contributed by atoms with Gasteiger partial charge in [0.25, 0.3) is 5.91 Å². The van der Waals surface area contributed by atoms with Crippen LogP contribution in [-0.2, 0) is 11.3 Å². The van der Waals surface area contributed by atoms with Gasteiger partial charge in [-0.25, -0.2) is 5.48 Å². The third kappa shape index (κ3) is 6.99. The van der Waals surface area contributed by atoms with Crippen LogP contribution in [0.5, 0.6) is 0 Å². The highest BCUT2D eigenvalue weighted by Crippen LogP contribution is 2.17. The van der Waals surface area contributed by atoms with E-state index in [-0.39, 0.29) is 5.78 Å². The number of carbonyl (C=O) groups is 2. The molecule has 0 radical (unpaired) electrons. The minimum atomic E-state index is -0.584. The third-order valence-corrected chi connectivity index (χ3v) is 5.83. The fourth-order valence-corrected chi connectivity index (χ4v) is 3.82. The summed E-state index contributed by atoms with van der Waals surface area (Å²) in [5.41, 5.74) is 5.15. The molecule has 2 N–H and O–H groups in total. The van der Waals surface area contributed by atoms with Gasteiger partial charge in [0.1, 0.15) is 0 Å². The number of rotatable bonds is 8. The summed E-state index contributed by atoms with van der Waals surface area (Å²) in [7, 11) is 4.30. The highest BCUT2D eigenvalue weighted by molar-refractivity contribution is 6.06. The Bertz CT molecular complexity index is 955. The van der Waals surface area contributed by atoms with E-state index in [1.807, 2.05) is 48.5 Å². The third-order valence-electron chi connectivity index (χ3n) is 5.83. The highest BCUT2D eigenvalue weighted by Gasteiger charge is 2.20. The molecule has 6 nitrogen and oxygen atoms in total. The van der Waals surface area contributed by atoms with E-state index in [9.17, 15) is 9.59 Å². The smallest absolute Gasteiger partial charge is 0.267 e. The van der Waals surface area contributed by atoms with Crippen molar-refractivity contribution in [3.63, 3.8) is 0 Å². The lowest BCUT2D eigenvalue weighted by Gasteiger charge is -2.35. The predicted molar refractivity (Wildman–Crippen MR) is 127 cm³/mol. The van der Waals surface area contributed by atoms with Gasteiger partial charge in [0.15, 0.2) is 5.78 Å². The van der Waals surface area contributed by atoms with Crippen molar-refractivity contribution in [1.29, 1.82) is 0 Å². The van der Waals surface area contributed by atoms with Crippen molar-refractivity contribution in [1.82, 2.24) is 15.3 Å². The van der Waals surface area contributed by atoms with Crippen molar-refractivity contribution < 1.29 is 14.8 Å². The first-order valence-corrected chi connectivity index (χ1v) is 10.9. The number of carbonyl (C=O) groups excluding carboxylic acids is 2. The number of allylic oxidation sites excluding steroid dienone is 1. The van der Waals surface area contributed by atoms with Crippen LogP contribution in [0.1, 0.15) is 39.9 Å². The topological polar surface area (TPSA) is 72.9 Å². The number of nitrogens with one attached hydrogen (secondary N) is 1. The Balaban J connectivity index is 1.51. The zero-order chi connectivity index (χ0) is 22.9. The van der Waals surface area contributed by atoms with Gasteiger partial charge < -0.3 is 4.90 Å². The molecule has 32 heavy (non-hydrogen) atoms. The van der Waals surface area contributed by atoms with Crippen molar-refractivity contribution >= 4 is 23.8 Å². The van der Waals surface area contributed by atoms with Crippen molar-refractivity contribution in [2.24, 2.45) is 0 Å². The van der Waals surface area contributed by atoms with E-state index in [1.54, 1.807) is 23.7 Å². The maximum atomic E-state index is 12.5. The van der Waals surface area contributed by atoms with Crippen LogP contribution in [0, 0.1) is 0 Å². The average Bonchev–Trinajstić information content (AvgIpc) is 2.82. The molecule has 1 heterocycles. The second kappa shape index (κ2) is 11.5. The molecule has 1 aliphatic rings. The van der Waals surface area contributed by atoms with E-state index in [2.05, 4.69) is 23.9 Å². The Kier molecular flexibility index (Phi) is 8.50. The van der Waals surface area contributed by atoms with Crippen molar-refractivity contribution in [2.75, 3.05) is 27.2 Å². The van der Waals surface area contributed by atoms with E-state index >= 15 is 0 Å². The molecule has 1 aliphatic heterocycles. The molecule has 168 valence electrons. The number of nitrogens with zero attached hydrogens (tertiary/aromatic N) is 2. The molecule has 3 rings (SSSR count). The SMILES string of the molecule is CN(C)C1CCN(Cc2ccc(C(=O)/C=C/c3ccc(/C=C/C(=O)NO)cc3)cc2)CC1. The zero-order valence-corrected chi connectivity index (χ0v) is 18.7. The first-order chi connectivity index (χ1) is 15.4. The van der Waals surface area contributed by atoms with Gasteiger partial charge in [0, 0.05) is 24.2 Å². The first-order valence-electron chi connectivity index (χ1n) is 10.9. The fraction of sp³-hybridized carbons (Fsp3) is 0.308. The molecule has 0 saturated carbocycles. The van der Waals surface area contributed by atoms with Gasteiger partial charge >= 0.3 is 0 Å². The number of hydroxylamine groups is 1. The summed E-state index contributed by atoms with van der Waals surface area (Å²) in [5, 5.41) is 8.49. The van der Waals surface area contributed by atoms with E-state index in [0.29, 0.717) is 11.6 Å². The van der Waals surface area contributed by atoms with Gasteiger partial charge in [-0.2, -0.15) is 0 Å². The maximum absolute atomic E-state index is 12.5. The lowest BCUT2D eigenvalue weighted by atomic mass is 10.0. The Morgan fingerprint density at radius 3 is 2.06 bits per heavy atom. The number of benzene rings is 2. The Hall–Kier alpha value is -3.06. The fourth-order valence-electron chi connectivity index (χ4n) is 3.82. The average molecular weight is 434 g/mol. The number of hydrogen-bond donors (Lipinski definition) is 2. The van der Waals surface area contributed by atoms with Crippen LogP contribution >= 0.6 is 0 Å². The van der Waals surface area contributed by atoms with Crippen LogP contribution in [-0.4, -0.2) is 59.9 Å². The molecule has 1 fully saturated rings. The summed E-state index contributed by atoms with van der Waals surface area (Å²) in [6, 6.07) is 16.0. The lowest BCUT2D eigenvalue weighted by Crippen LogP contribution is -2.41. The molecule has 1 amide bonds. The molecule has 0 aromatic heterocycles. The summed E-state index contributed by atoms with van der Waals surface area (Å²) in [5.74, 6) is -0.619. The van der Waals surface area contributed by atoms with Crippen LogP contribution in [0.2, 0.25) is 0 Å². The van der Waals surface area contributed by atoms with E-state index < -0.39 is 5.91 Å². The molecule has 1 saturated heterocycles. The second-order valence-corrected chi connectivity index (χ2v) is 8.34. The summed E-state index contributed by atoms with van der Waals surface area (Å²) in [6.45, 7) is 3.14. The van der Waals surface area contributed by atoms with Crippen LogP contribution in [0.25, 0.3) is 12.2 Å².